The maximum Gasteiger partial charge on any atom is 0.261 e. The standard InChI is InChI=1S/C27H21ClFNO2S/c1-17-13-21(10-12-26(17)29)30-16-20-9-11-24-23-8-3-2-5-18(23)15-25(24)27(20)19-6-4-7-22(14-19)33(28,31)32/h2-14,30H,15-16H2,1H3. The average molecular weight is 478 g/mol. The molecule has 0 spiro atoms. The Morgan fingerprint density at radius 2 is 1.76 bits per heavy atom. The van der Waals surface area contributed by atoms with E-state index in [0.717, 1.165) is 39.9 Å². The van der Waals surface area contributed by atoms with Gasteiger partial charge in [0.25, 0.3) is 9.05 Å². The number of aryl methyl sites for hydroxylation is 1. The highest BCUT2D eigenvalue weighted by Crippen LogP contribution is 2.43. The lowest BCUT2D eigenvalue weighted by Gasteiger charge is -2.17. The summed E-state index contributed by atoms with van der Waals surface area (Å²) >= 11 is 0. The Hall–Kier alpha value is -3.15. The Kier molecular flexibility index (Phi) is 5.47. The van der Waals surface area contributed by atoms with Crippen molar-refractivity contribution >= 4 is 25.4 Å². The van der Waals surface area contributed by atoms with E-state index in [1.165, 1.54) is 23.3 Å². The molecule has 0 saturated heterocycles. The molecule has 0 aromatic heterocycles. The van der Waals surface area contributed by atoms with Gasteiger partial charge in [-0.05, 0) is 88.2 Å². The SMILES string of the molecule is Cc1cc(NCc2ccc3c(c2-c2cccc(S(=O)(=O)Cl)c2)Cc2ccccc2-3)ccc1F. The molecular weight excluding hydrogens is 457 g/mol. The van der Waals surface area contributed by atoms with E-state index in [0.29, 0.717) is 12.1 Å². The van der Waals surface area contributed by atoms with Gasteiger partial charge in [0, 0.05) is 22.9 Å². The van der Waals surface area contributed by atoms with Gasteiger partial charge in [-0.1, -0.05) is 48.5 Å². The quantitative estimate of drug-likeness (QED) is 0.280. The first-order valence-electron chi connectivity index (χ1n) is 10.6. The first-order valence-corrected chi connectivity index (χ1v) is 12.9. The normalized spacial score (nSPS) is 12.3. The lowest BCUT2D eigenvalue weighted by Crippen LogP contribution is -2.04. The molecule has 0 radical (unpaired) electrons. The Labute approximate surface area is 197 Å². The summed E-state index contributed by atoms with van der Waals surface area (Å²) in [6.07, 6.45) is 0.766. The van der Waals surface area contributed by atoms with Crippen molar-refractivity contribution in [2.24, 2.45) is 0 Å². The van der Waals surface area contributed by atoms with Crippen LogP contribution in [0.3, 0.4) is 0 Å². The molecule has 6 heteroatoms. The van der Waals surface area contributed by atoms with Crippen LogP contribution in [0.15, 0.2) is 83.8 Å². The first-order chi connectivity index (χ1) is 15.8. The second-order valence-corrected chi connectivity index (χ2v) is 10.8. The number of halogens is 2. The van der Waals surface area contributed by atoms with Crippen LogP contribution in [0.25, 0.3) is 22.3 Å². The van der Waals surface area contributed by atoms with E-state index in [2.05, 4.69) is 29.6 Å². The van der Waals surface area contributed by atoms with Crippen molar-refractivity contribution in [3.8, 4) is 22.3 Å². The summed E-state index contributed by atoms with van der Waals surface area (Å²) in [7, 11) is 1.79. The molecule has 1 N–H and O–H groups in total. The van der Waals surface area contributed by atoms with E-state index in [4.69, 9.17) is 10.7 Å². The van der Waals surface area contributed by atoms with Crippen molar-refractivity contribution in [1.29, 1.82) is 0 Å². The molecule has 0 fully saturated rings. The highest BCUT2D eigenvalue weighted by Gasteiger charge is 2.24. The zero-order chi connectivity index (χ0) is 23.2. The minimum absolute atomic E-state index is 0.0721. The van der Waals surface area contributed by atoms with Crippen molar-refractivity contribution in [3.63, 3.8) is 0 Å². The monoisotopic (exact) mass is 477 g/mol. The fourth-order valence-electron chi connectivity index (χ4n) is 4.52. The molecule has 1 aliphatic carbocycles. The maximum atomic E-state index is 13.7. The van der Waals surface area contributed by atoms with Crippen LogP contribution >= 0.6 is 10.7 Å². The van der Waals surface area contributed by atoms with Crippen LogP contribution in [-0.2, 0) is 22.0 Å². The molecule has 0 unspecified atom stereocenters. The third-order valence-corrected chi connectivity index (χ3v) is 7.47. The minimum Gasteiger partial charge on any atom is -0.381 e. The summed E-state index contributed by atoms with van der Waals surface area (Å²) in [4.78, 5) is 0.0721. The van der Waals surface area contributed by atoms with Crippen molar-refractivity contribution in [1.82, 2.24) is 0 Å². The number of benzene rings is 4. The molecule has 4 aromatic rings. The summed E-state index contributed by atoms with van der Waals surface area (Å²) in [6, 6.07) is 24.2. The molecule has 0 saturated carbocycles. The Bertz CT molecular complexity index is 1500. The lowest BCUT2D eigenvalue weighted by atomic mass is 9.91. The molecule has 33 heavy (non-hydrogen) atoms. The molecule has 0 atom stereocenters. The summed E-state index contributed by atoms with van der Waals surface area (Å²) in [6.45, 7) is 2.23. The fraction of sp³-hybridized carbons (Fsp3) is 0.111. The number of rotatable bonds is 5. The molecule has 0 bridgehead atoms. The van der Waals surface area contributed by atoms with Crippen LogP contribution in [0, 0.1) is 12.7 Å². The number of anilines is 1. The zero-order valence-corrected chi connectivity index (χ0v) is 19.5. The summed E-state index contributed by atoms with van der Waals surface area (Å²) in [5, 5.41) is 3.39. The van der Waals surface area contributed by atoms with Gasteiger partial charge in [0.2, 0.25) is 0 Å². The molecule has 5 rings (SSSR count). The molecule has 1 aliphatic rings. The molecule has 3 nitrogen and oxygen atoms in total. The number of nitrogens with one attached hydrogen (secondary N) is 1. The van der Waals surface area contributed by atoms with Gasteiger partial charge >= 0.3 is 0 Å². The van der Waals surface area contributed by atoms with Crippen molar-refractivity contribution < 1.29 is 12.8 Å². The topological polar surface area (TPSA) is 46.2 Å². The van der Waals surface area contributed by atoms with Gasteiger partial charge < -0.3 is 5.32 Å². The predicted molar refractivity (Wildman–Crippen MR) is 132 cm³/mol. The highest BCUT2D eigenvalue weighted by atomic mass is 35.7. The van der Waals surface area contributed by atoms with Crippen LogP contribution in [-0.4, -0.2) is 8.42 Å². The molecule has 0 heterocycles. The van der Waals surface area contributed by atoms with E-state index in [1.807, 2.05) is 18.2 Å². The van der Waals surface area contributed by atoms with Gasteiger partial charge in [-0.3, -0.25) is 0 Å². The molecule has 4 aromatic carbocycles. The van der Waals surface area contributed by atoms with Crippen molar-refractivity contribution in [2.45, 2.75) is 24.8 Å². The Balaban J connectivity index is 1.62. The lowest BCUT2D eigenvalue weighted by molar-refractivity contribution is 0.609. The third kappa shape index (κ3) is 4.14. The Morgan fingerprint density at radius 3 is 2.55 bits per heavy atom. The van der Waals surface area contributed by atoms with Gasteiger partial charge in [-0.25, -0.2) is 12.8 Å². The van der Waals surface area contributed by atoms with Crippen molar-refractivity contribution in [2.75, 3.05) is 5.32 Å². The average Bonchev–Trinajstić information content (AvgIpc) is 3.17. The molecule has 166 valence electrons. The molecule has 0 aliphatic heterocycles. The summed E-state index contributed by atoms with van der Waals surface area (Å²) in [5.74, 6) is -0.240. The van der Waals surface area contributed by atoms with Crippen LogP contribution in [0.2, 0.25) is 0 Å². The smallest absolute Gasteiger partial charge is 0.261 e. The second-order valence-electron chi connectivity index (χ2n) is 8.24. The largest absolute Gasteiger partial charge is 0.381 e. The summed E-state index contributed by atoms with van der Waals surface area (Å²) in [5.41, 5.74) is 8.97. The zero-order valence-electron chi connectivity index (χ0n) is 17.9. The van der Waals surface area contributed by atoms with E-state index in [1.54, 1.807) is 31.2 Å². The fourth-order valence-corrected chi connectivity index (χ4v) is 5.32. The van der Waals surface area contributed by atoms with Crippen molar-refractivity contribution in [3.05, 3.63) is 107 Å². The predicted octanol–water partition coefficient (Wildman–Crippen LogP) is 6.91. The van der Waals surface area contributed by atoms with E-state index in [-0.39, 0.29) is 10.7 Å². The second kappa shape index (κ2) is 8.32. The van der Waals surface area contributed by atoms with Crippen LogP contribution in [0.1, 0.15) is 22.3 Å². The number of fused-ring (bicyclic) bond motifs is 3. The summed E-state index contributed by atoms with van der Waals surface area (Å²) < 4.78 is 37.7. The van der Waals surface area contributed by atoms with E-state index < -0.39 is 9.05 Å². The highest BCUT2D eigenvalue weighted by molar-refractivity contribution is 8.13. The maximum absolute atomic E-state index is 13.7. The van der Waals surface area contributed by atoms with Gasteiger partial charge in [-0.15, -0.1) is 0 Å². The van der Waals surface area contributed by atoms with Crippen LogP contribution in [0.4, 0.5) is 10.1 Å². The number of hydrogen-bond acceptors (Lipinski definition) is 3. The molecular formula is C27H21ClFNO2S. The third-order valence-electron chi connectivity index (χ3n) is 6.12. The first kappa shape index (κ1) is 21.7. The van der Waals surface area contributed by atoms with Gasteiger partial charge in [0.15, 0.2) is 0 Å². The minimum atomic E-state index is -3.86. The van der Waals surface area contributed by atoms with Gasteiger partial charge in [-0.2, -0.15) is 0 Å². The van der Waals surface area contributed by atoms with Gasteiger partial charge in [0.1, 0.15) is 5.82 Å². The van der Waals surface area contributed by atoms with E-state index in [9.17, 15) is 12.8 Å². The Morgan fingerprint density at radius 1 is 0.939 bits per heavy atom. The van der Waals surface area contributed by atoms with E-state index >= 15 is 0 Å². The van der Waals surface area contributed by atoms with Gasteiger partial charge in [0.05, 0.1) is 4.90 Å². The number of hydrogen-bond donors (Lipinski definition) is 1. The van der Waals surface area contributed by atoms with Crippen LogP contribution < -0.4 is 5.32 Å². The molecule has 0 amide bonds. The van der Waals surface area contributed by atoms with Crippen LogP contribution in [0.5, 0.6) is 0 Å².